The van der Waals surface area contributed by atoms with Crippen molar-refractivity contribution in [3.8, 4) is 0 Å². The lowest BCUT2D eigenvalue weighted by Gasteiger charge is -2.41. The fourth-order valence-electron chi connectivity index (χ4n) is 3.71. The first-order valence-corrected chi connectivity index (χ1v) is 8.03. The number of likely N-dealkylation sites (N-methyl/N-ethyl adjacent to an activating group) is 1. The molecule has 1 saturated carbocycles. The molecule has 4 nitrogen and oxygen atoms in total. The average Bonchev–Trinajstić information content (AvgIpc) is 2.42. The van der Waals surface area contributed by atoms with E-state index in [4.69, 9.17) is 5.73 Å². The maximum Gasteiger partial charge on any atom is 0.0541 e. The maximum absolute atomic E-state index is 9.60. The van der Waals surface area contributed by atoms with Crippen LogP contribution in [0.15, 0.2) is 0 Å². The van der Waals surface area contributed by atoms with Crippen LogP contribution in [0.3, 0.4) is 0 Å². The van der Waals surface area contributed by atoms with Crippen molar-refractivity contribution in [3.63, 3.8) is 0 Å². The van der Waals surface area contributed by atoms with E-state index < -0.39 is 0 Å². The molecule has 0 aromatic heterocycles. The number of likely N-dealkylation sites (tertiary alicyclic amines) is 1. The third-order valence-corrected chi connectivity index (χ3v) is 4.95. The van der Waals surface area contributed by atoms with Gasteiger partial charge in [-0.2, -0.15) is 0 Å². The molecule has 0 aromatic rings. The van der Waals surface area contributed by atoms with Crippen molar-refractivity contribution in [2.75, 3.05) is 33.2 Å². The Labute approximate surface area is 117 Å². The van der Waals surface area contributed by atoms with Gasteiger partial charge >= 0.3 is 0 Å². The molecule has 0 amide bonds. The van der Waals surface area contributed by atoms with Gasteiger partial charge in [-0.25, -0.2) is 0 Å². The molecule has 2 rings (SSSR count). The van der Waals surface area contributed by atoms with Gasteiger partial charge < -0.3 is 15.7 Å². The van der Waals surface area contributed by atoms with Crippen molar-refractivity contribution in [2.24, 2.45) is 5.73 Å². The van der Waals surface area contributed by atoms with Crippen LogP contribution < -0.4 is 5.73 Å². The molecule has 1 saturated heterocycles. The fourth-order valence-corrected chi connectivity index (χ4v) is 3.71. The predicted octanol–water partition coefficient (Wildman–Crippen LogP) is 1.03. The van der Waals surface area contributed by atoms with E-state index in [1.807, 2.05) is 0 Å². The highest BCUT2D eigenvalue weighted by molar-refractivity contribution is 4.84. The van der Waals surface area contributed by atoms with Gasteiger partial charge in [0.15, 0.2) is 0 Å². The number of hydrogen-bond acceptors (Lipinski definition) is 4. The topological polar surface area (TPSA) is 52.7 Å². The molecule has 1 aliphatic carbocycles. The summed E-state index contributed by atoms with van der Waals surface area (Å²) in [5.41, 5.74) is 5.73. The zero-order chi connectivity index (χ0) is 13.7. The highest BCUT2D eigenvalue weighted by Gasteiger charge is 2.27. The Morgan fingerprint density at radius 3 is 2.58 bits per heavy atom. The van der Waals surface area contributed by atoms with Crippen LogP contribution in [-0.2, 0) is 0 Å². The van der Waals surface area contributed by atoms with Crippen molar-refractivity contribution >= 4 is 0 Å². The minimum atomic E-state index is -0.0481. The third kappa shape index (κ3) is 4.42. The number of nitrogens with two attached hydrogens (primary N) is 1. The van der Waals surface area contributed by atoms with Crippen molar-refractivity contribution in [1.29, 1.82) is 0 Å². The summed E-state index contributed by atoms with van der Waals surface area (Å²) in [6.45, 7) is 4.21. The fraction of sp³-hybridized carbons (Fsp3) is 1.00. The van der Waals surface area contributed by atoms with Crippen molar-refractivity contribution in [2.45, 2.75) is 63.1 Å². The summed E-state index contributed by atoms with van der Waals surface area (Å²) in [4.78, 5) is 5.11. The summed E-state index contributed by atoms with van der Waals surface area (Å²) in [6.07, 6.45) is 8.23. The number of aliphatic hydroxyl groups excluding tert-OH is 1. The first-order valence-electron chi connectivity index (χ1n) is 8.03. The van der Waals surface area contributed by atoms with Gasteiger partial charge in [-0.05, 0) is 52.1 Å². The highest BCUT2D eigenvalue weighted by Crippen LogP contribution is 2.24. The smallest absolute Gasteiger partial charge is 0.0541 e. The Morgan fingerprint density at radius 1 is 1.16 bits per heavy atom. The second-order valence-corrected chi connectivity index (χ2v) is 6.38. The van der Waals surface area contributed by atoms with E-state index in [2.05, 4.69) is 16.8 Å². The van der Waals surface area contributed by atoms with Gasteiger partial charge in [-0.15, -0.1) is 0 Å². The minimum Gasteiger partial charge on any atom is -0.393 e. The molecule has 112 valence electrons. The molecule has 2 fully saturated rings. The molecule has 0 spiro atoms. The van der Waals surface area contributed by atoms with E-state index in [-0.39, 0.29) is 6.10 Å². The second kappa shape index (κ2) is 7.58. The zero-order valence-corrected chi connectivity index (χ0v) is 12.4. The lowest BCUT2D eigenvalue weighted by Crippen LogP contribution is -2.50. The van der Waals surface area contributed by atoms with Gasteiger partial charge in [0.2, 0.25) is 0 Å². The first kappa shape index (κ1) is 15.2. The minimum absolute atomic E-state index is 0.0481. The van der Waals surface area contributed by atoms with Gasteiger partial charge in [-0.3, -0.25) is 4.90 Å². The van der Waals surface area contributed by atoms with Crippen LogP contribution in [0, 0.1) is 0 Å². The highest BCUT2D eigenvalue weighted by atomic mass is 16.3. The van der Waals surface area contributed by atoms with Gasteiger partial charge in [-0.1, -0.05) is 6.42 Å². The zero-order valence-electron chi connectivity index (χ0n) is 12.4. The first-order chi connectivity index (χ1) is 9.20. The molecule has 2 aliphatic rings. The van der Waals surface area contributed by atoms with E-state index in [1.54, 1.807) is 0 Å². The number of aliphatic hydroxyl groups is 1. The summed E-state index contributed by atoms with van der Waals surface area (Å²) < 4.78 is 0. The second-order valence-electron chi connectivity index (χ2n) is 6.38. The SMILES string of the molecule is CN(CC1CCCCN1CCN)C1CCC(O)CC1. The lowest BCUT2D eigenvalue weighted by molar-refractivity contribution is 0.0586. The van der Waals surface area contributed by atoms with Crippen LogP contribution in [0.2, 0.25) is 0 Å². The molecular formula is C15H31N3O. The molecule has 0 bridgehead atoms. The normalized spacial score (nSPS) is 33.8. The molecule has 4 heteroatoms. The van der Waals surface area contributed by atoms with Crippen LogP contribution >= 0.6 is 0 Å². The summed E-state index contributed by atoms with van der Waals surface area (Å²) in [5.74, 6) is 0. The molecule has 1 unspecified atom stereocenters. The number of hydrogen-bond donors (Lipinski definition) is 2. The molecule has 0 radical (unpaired) electrons. The van der Waals surface area contributed by atoms with Crippen LogP contribution in [0.25, 0.3) is 0 Å². The van der Waals surface area contributed by atoms with Crippen LogP contribution in [0.4, 0.5) is 0 Å². The van der Waals surface area contributed by atoms with Crippen molar-refractivity contribution in [1.82, 2.24) is 9.80 Å². The van der Waals surface area contributed by atoms with E-state index in [0.717, 1.165) is 38.8 Å². The average molecular weight is 269 g/mol. The van der Waals surface area contributed by atoms with Crippen LogP contribution in [-0.4, -0.2) is 66.3 Å². The molecule has 19 heavy (non-hydrogen) atoms. The van der Waals surface area contributed by atoms with Crippen molar-refractivity contribution < 1.29 is 5.11 Å². The maximum atomic E-state index is 9.60. The van der Waals surface area contributed by atoms with E-state index in [0.29, 0.717) is 12.1 Å². The summed E-state index contributed by atoms with van der Waals surface area (Å²) in [6, 6.07) is 1.36. The van der Waals surface area contributed by atoms with Gasteiger partial charge in [0.1, 0.15) is 0 Å². The standard InChI is InChI=1S/C15H31N3O/c1-17(13-5-7-15(19)8-6-13)12-14-4-2-3-10-18(14)11-9-16/h13-15,19H,2-12,16H2,1H3. The summed E-state index contributed by atoms with van der Waals surface area (Å²) in [7, 11) is 2.26. The Morgan fingerprint density at radius 2 is 1.89 bits per heavy atom. The number of rotatable bonds is 5. The van der Waals surface area contributed by atoms with Crippen molar-refractivity contribution in [3.05, 3.63) is 0 Å². The monoisotopic (exact) mass is 269 g/mol. The van der Waals surface area contributed by atoms with E-state index in [1.165, 1.54) is 32.4 Å². The predicted molar refractivity (Wildman–Crippen MR) is 79.2 cm³/mol. The molecule has 3 N–H and O–H groups in total. The Kier molecular flexibility index (Phi) is 6.07. The molecule has 1 aliphatic heterocycles. The quantitative estimate of drug-likeness (QED) is 0.783. The third-order valence-electron chi connectivity index (χ3n) is 4.95. The molecule has 1 heterocycles. The van der Waals surface area contributed by atoms with E-state index >= 15 is 0 Å². The summed E-state index contributed by atoms with van der Waals surface area (Å²) >= 11 is 0. The molecular weight excluding hydrogens is 238 g/mol. The van der Waals surface area contributed by atoms with Gasteiger partial charge in [0.05, 0.1) is 6.10 Å². The molecule has 1 atom stereocenters. The Bertz CT molecular complexity index is 252. The molecule has 0 aromatic carbocycles. The van der Waals surface area contributed by atoms with Crippen LogP contribution in [0.5, 0.6) is 0 Å². The summed E-state index contributed by atoms with van der Waals surface area (Å²) in [5, 5.41) is 9.60. The number of piperidine rings is 1. The Balaban J connectivity index is 1.80. The van der Waals surface area contributed by atoms with E-state index in [9.17, 15) is 5.11 Å². The van der Waals surface area contributed by atoms with Gasteiger partial charge in [0.25, 0.3) is 0 Å². The Hall–Kier alpha value is -0.160. The van der Waals surface area contributed by atoms with Gasteiger partial charge in [0, 0.05) is 31.7 Å². The largest absolute Gasteiger partial charge is 0.393 e. The number of nitrogens with zero attached hydrogens (tertiary/aromatic N) is 2. The lowest BCUT2D eigenvalue weighted by atomic mass is 9.91. The van der Waals surface area contributed by atoms with Crippen LogP contribution in [0.1, 0.15) is 44.9 Å².